The summed E-state index contributed by atoms with van der Waals surface area (Å²) in [5.41, 5.74) is 4.20. The Morgan fingerprint density at radius 2 is 2.27 bits per heavy atom. The van der Waals surface area contributed by atoms with E-state index >= 15 is 0 Å². The first kappa shape index (κ1) is 15.9. The number of fused-ring (bicyclic) bond motifs is 2. The van der Waals surface area contributed by atoms with Crippen LogP contribution >= 0.6 is 11.3 Å². The predicted molar refractivity (Wildman–Crippen MR) is 106 cm³/mol. The van der Waals surface area contributed by atoms with Gasteiger partial charge in [-0.15, -0.1) is 11.3 Å². The molecule has 1 aromatic carbocycles. The lowest BCUT2D eigenvalue weighted by Crippen LogP contribution is -2.32. The molecule has 1 atom stereocenters. The zero-order valence-corrected chi connectivity index (χ0v) is 15.2. The highest BCUT2D eigenvalue weighted by atomic mass is 32.1. The summed E-state index contributed by atoms with van der Waals surface area (Å²) < 4.78 is 5.78. The van der Waals surface area contributed by atoms with E-state index in [0.29, 0.717) is 10.9 Å². The summed E-state index contributed by atoms with van der Waals surface area (Å²) in [5, 5.41) is 5.98. The van der Waals surface area contributed by atoms with Crippen LogP contribution in [0.4, 0.5) is 5.69 Å². The van der Waals surface area contributed by atoms with Crippen LogP contribution in [0.3, 0.4) is 0 Å². The Hall–Kier alpha value is -2.37. The molecule has 1 amide bonds. The fraction of sp³-hybridized carbons (Fsp3) is 0.286. The van der Waals surface area contributed by atoms with Gasteiger partial charge < -0.3 is 9.73 Å². The number of furan rings is 1. The second-order valence-electron chi connectivity index (χ2n) is 7.02. The van der Waals surface area contributed by atoms with Crippen molar-refractivity contribution in [1.82, 2.24) is 4.90 Å². The van der Waals surface area contributed by atoms with E-state index in [4.69, 9.17) is 4.42 Å². The van der Waals surface area contributed by atoms with Crippen molar-refractivity contribution in [2.45, 2.75) is 25.3 Å². The lowest BCUT2D eigenvalue weighted by atomic mass is 9.94. The van der Waals surface area contributed by atoms with Gasteiger partial charge in [-0.25, -0.2) is 0 Å². The molecule has 1 saturated heterocycles. The van der Waals surface area contributed by atoms with Gasteiger partial charge in [-0.1, -0.05) is 12.1 Å². The predicted octanol–water partition coefficient (Wildman–Crippen LogP) is 5.00. The van der Waals surface area contributed by atoms with Crippen LogP contribution in [0.15, 0.2) is 52.5 Å². The van der Waals surface area contributed by atoms with E-state index in [9.17, 15) is 4.79 Å². The SMILES string of the molecule is O=C(Nc1ccc2occ(C3=CCN4CCCC4C3)c2c1)c1cccs1. The number of benzene rings is 1. The van der Waals surface area contributed by atoms with Crippen molar-refractivity contribution in [3.63, 3.8) is 0 Å². The van der Waals surface area contributed by atoms with Crippen LogP contribution in [0.2, 0.25) is 0 Å². The van der Waals surface area contributed by atoms with Crippen molar-refractivity contribution >= 4 is 39.5 Å². The number of rotatable bonds is 3. The van der Waals surface area contributed by atoms with Crippen molar-refractivity contribution in [3.8, 4) is 0 Å². The van der Waals surface area contributed by atoms with E-state index < -0.39 is 0 Å². The number of nitrogens with one attached hydrogen (secondary N) is 1. The van der Waals surface area contributed by atoms with Crippen molar-refractivity contribution in [3.05, 3.63) is 58.5 Å². The molecule has 0 aliphatic carbocycles. The molecule has 2 aliphatic rings. The zero-order valence-electron chi connectivity index (χ0n) is 14.4. The molecule has 0 radical (unpaired) electrons. The smallest absolute Gasteiger partial charge is 0.265 e. The normalized spacial score (nSPS) is 20.2. The van der Waals surface area contributed by atoms with Gasteiger partial charge in [0.05, 0.1) is 11.1 Å². The minimum atomic E-state index is -0.0668. The summed E-state index contributed by atoms with van der Waals surface area (Å²) in [6, 6.07) is 10.3. The molecule has 4 heterocycles. The minimum absolute atomic E-state index is 0.0668. The highest BCUT2D eigenvalue weighted by Gasteiger charge is 2.28. The van der Waals surface area contributed by atoms with E-state index in [1.165, 1.54) is 41.9 Å². The Balaban J connectivity index is 1.45. The summed E-state index contributed by atoms with van der Waals surface area (Å²) >= 11 is 1.45. The van der Waals surface area contributed by atoms with E-state index in [-0.39, 0.29) is 5.91 Å². The molecule has 0 saturated carbocycles. The van der Waals surface area contributed by atoms with E-state index in [2.05, 4.69) is 16.3 Å². The van der Waals surface area contributed by atoms with Gasteiger partial charge in [-0.3, -0.25) is 9.69 Å². The van der Waals surface area contributed by atoms with Crippen LogP contribution in [0.5, 0.6) is 0 Å². The van der Waals surface area contributed by atoms with Gasteiger partial charge in [-0.05, 0) is 61.0 Å². The van der Waals surface area contributed by atoms with Crippen LogP contribution < -0.4 is 5.32 Å². The highest BCUT2D eigenvalue weighted by molar-refractivity contribution is 7.12. The standard InChI is InChI=1S/C21H20N2O2S/c24-21(20-4-2-10-26-20)22-15-5-6-19-17(12-15)18(13-25-19)14-7-9-23-8-1-3-16(23)11-14/h2,4-7,10,12-13,16H,1,3,8-9,11H2,(H,22,24). The van der Waals surface area contributed by atoms with Gasteiger partial charge in [-0.2, -0.15) is 0 Å². The maximum atomic E-state index is 12.3. The molecule has 132 valence electrons. The number of carbonyl (C=O) groups is 1. The third-order valence-corrected chi connectivity index (χ3v) is 6.32. The first-order chi connectivity index (χ1) is 12.8. The second kappa shape index (κ2) is 6.41. The Morgan fingerprint density at radius 3 is 3.15 bits per heavy atom. The number of anilines is 1. The molecule has 5 heteroatoms. The Bertz CT molecular complexity index is 987. The quantitative estimate of drug-likeness (QED) is 0.711. The highest BCUT2D eigenvalue weighted by Crippen LogP contribution is 2.36. The third-order valence-electron chi connectivity index (χ3n) is 5.45. The summed E-state index contributed by atoms with van der Waals surface area (Å²) in [7, 11) is 0. The number of thiophene rings is 1. The minimum Gasteiger partial charge on any atom is -0.464 e. The number of nitrogens with zero attached hydrogens (tertiary/aromatic N) is 1. The van der Waals surface area contributed by atoms with Crippen molar-refractivity contribution < 1.29 is 9.21 Å². The van der Waals surface area contributed by atoms with Crippen LogP contribution in [0, 0.1) is 0 Å². The average molecular weight is 364 g/mol. The van der Waals surface area contributed by atoms with Crippen LogP contribution in [0.1, 0.15) is 34.5 Å². The summed E-state index contributed by atoms with van der Waals surface area (Å²) in [4.78, 5) is 15.6. The van der Waals surface area contributed by atoms with Gasteiger partial charge in [0.15, 0.2) is 0 Å². The Labute approximate surface area is 156 Å². The fourth-order valence-electron chi connectivity index (χ4n) is 4.11. The van der Waals surface area contributed by atoms with E-state index in [1.54, 1.807) is 0 Å². The topological polar surface area (TPSA) is 45.5 Å². The zero-order chi connectivity index (χ0) is 17.5. The molecule has 1 N–H and O–H groups in total. The maximum Gasteiger partial charge on any atom is 0.265 e. The summed E-state index contributed by atoms with van der Waals surface area (Å²) in [6.07, 6.45) is 7.88. The summed E-state index contributed by atoms with van der Waals surface area (Å²) in [6.45, 7) is 2.25. The van der Waals surface area contributed by atoms with Crippen molar-refractivity contribution in [1.29, 1.82) is 0 Å². The lowest BCUT2D eigenvalue weighted by molar-refractivity contribution is 0.103. The molecule has 4 nitrogen and oxygen atoms in total. The maximum absolute atomic E-state index is 12.3. The average Bonchev–Trinajstić information content (AvgIpc) is 3.40. The number of hydrogen-bond acceptors (Lipinski definition) is 4. The number of hydrogen-bond donors (Lipinski definition) is 1. The molecule has 2 aromatic heterocycles. The molecule has 1 unspecified atom stereocenters. The fourth-order valence-corrected chi connectivity index (χ4v) is 4.73. The van der Waals surface area contributed by atoms with Gasteiger partial charge in [0, 0.05) is 29.2 Å². The van der Waals surface area contributed by atoms with E-state index in [1.807, 2.05) is 42.0 Å². The van der Waals surface area contributed by atoms with Crippen LogP contribution in [0.25, 0.3) is 16.5 Å². The van der Waals surface area contributed by atoms with Gasteiger partial charge in [0.25, 0.3) is 5.91 Å². The molecular weight excluding hydrogens is 344 g/mol. The Kier molecular flexibility index (Phi) is 3.91. The van der Waals surface area contributed by atoms with Gasteiger partial charge in [0.1, 0.15) is 5.58 Å². The molecule has 2 aliphatic heterocycles. The largest absolute Gasteiger partial charge is 0.464 e. The molecular formula is C21H20N2O2S. The van der Waals surface area contributed by atoms with Gasteiger partial charge in [0.2, 0.25) is 0 Å². The van der Waals surface area contributed by atoms with Crippen molar-refractivity contribution in [2.75, 3.05) is 18.4 Å². The first-order valence-electron chi connectivity index (χ1n) is 9.07. The van der Waals surface area contributed by atoms with Crippen LogP contribution in [-0.2, 0) is 0 Å². The number of amides is 1. The third kappa shape index (κ3) is 2.77. The Morgan fingerprint density at radius 1 is 1.31 bits per heavy atom. The molecule has 3 aromatic rings. The second-order valence-corrected chi connectivity index (χ2v) is 7.96. The molecule has 0 bridgehead atoms. The molecule has 5 rings (SSSR count). The first-order valence-corrected chi connectivity index (χ1v) is 9.95. The number of carbonyl (C=O) groups excluding carboxylic acids is 1. The lowest BCUT2D eigenvalue weighted by Gasteiger charge is -2.28. The monoisotopic (exact) mass is 364 g/mol. The molecule has 1 fully saturated rings. The summed E-state index contributed by atoms with van der Waals surface area (Å²) in [5.74, 6) is -0.0668. The van der Waals surface area contributed by atoms with Crippen LogP contribution in [-0.4, -0.2) is 29.9 Å². The van der Waals surface area contributed by atoms with Crippen molar-refractivity contribution in [2.24, 2.45) is 0 Å². The molecule has 0 spiro atoms. The van der Waals surface area contributed by atoms with Gasteiger partial charge >= 0.3 is 0 Å². The van der Waals surface area contributed by atoms with E-state index in [0.717, 1.165) is 29.6 Å². The molecule has 26 heavy (non-hydrogen) atoms.